The maximum Gasteiger partial charge on any atom is 0.171 e. The third kappa shape index (κ3) is 5.77. The molecule has 12 aromatic carbocycles. The van der Waals surface area contributed by atoms with E-state index in [0.717, 1.165) is 104 Å². The highest BCUT2D eigenvalue weighted by molar-refractivity contribution is 7.85. The second kappa shape index (κ2) is 15.3. The lowest BCUT2D eigenvalue weighted by molar-refractivity contribution is 0.592. The van der Waals surface area contributed by atoms with E-state index in [-0.39, 0.29) is 0 Å². The number of hydrogen-bond donors (Lipinski definition) is 0. The molecule has 332 valence electrons. The Balaban J connectivity index is 1.03. The van der Waals surface area contributed by atoms with Gasteiger partial charge in [-0.3, -0.25) is 0 Å². The summed E-state index contributed by atoms with van der Waals surface area (Å²) in [6.07, 6.45) is 0. The number of nitrogens with zero attached hydrogens (tertiary/aromatic N) is 3. The number of fused-ring (bicyclic) bond motifs is 15. The Kier molecular flexibility index (Phi) is 8.60. The Bertz CT molecular complexity index is 4560. The molecule has 3 aromatic heterocycles. The summed E-state index contributed by atoms with van der Waals surface area (Å²) in [7, 11) is -3.64. The summed E-state index contributed by atoms with van der Waals surface area (Å²) in [6, 6.07) is 90.9. The van der Waals surface area contributed by atoms with Crippen molar-refractivity contribution in [3.63, 3.8) is 0 Å². The van der Waals surface area contributed by atoms with E-state index in [9.17, 15) is 0 Å². The fourth-order valence-electron chi connectivity index (χ4n) is 11.9. The van der Waals surface area contributed by atoms with E-state index < -0.39 is 7.14 Å². The molecule has 0 unspecified atom stereocenters. The van der Waals surface area contributed by atoms with Gasteiger partial charge in [-0.25, -0.2) is 0 Å². The summed E-state index contributed by atoms with van der Waals surface area (Å²) in [5.74, 6) is 0. The van der Waals surface area contributed by atoms with Crippen molar-refractivity contribution in [2.45, 2.75) is 0 Å². The molecular weight excluding hydrogens is 882 g/mol. The average Bonchev–Trinajstić information content (AvgIpc) is 4.08. The first-order chi connectivity index (χ1) is 35.1. The number of hydrogen-bond acceptors (Lipinski definition) is 1. The fourth-order valence-corrected chi connectivity index (χ4v) is 14.6. The van der Waals surface area contributed by atoms with Crippen molar-refractivity contribution in [1.82, 2.24) is 13.7 Å². The molecule has 0 spiro atoms. The standard InChI is InChI=1S/C66H42N3OP/c70-71(47-33-36-64-58(39-47)52-26-12-15-29-61(52)67(64)43-18-4-1-5-19-43,48-34-37-65-59(40-48)53-27-13-16-30-62(53)68(65)44-20-6-2-7-21-44)46-32-35-51-55(38-46)49-24-10-11-25-50(49)56-41-60-54-28-14-17-31-63(54)69(66(60)42-57(51)56)45-22-8-3-9-23-45/h1-42H. The number of para-hydroxylation sites is 6. The van der Waals surface area contributed by atoms with E-state index in [1.165, 1.54) is 27.1 Å². The van der Waals surface area contributed by atoms with Crippen LogP contribution in [0.4, 0.5) is 0 Å². The zero-order valence-corrected chi connectivity index (χ0v) is 39.3. The Morgan fingerprint density at radius 3 is 0.958 bits per heavy atom. The van der Waals surface area contributed by atoms with Crippen molar-refractivity contribution < 1.29 is 4.57 Å². The smallest absolute Gasteiger partial charge is 0.171 e. The second-order valence-corrected chi connectivity index (χ2v) is 21.5. The van der Waals surface area contributed by atoms with Gasteiger partial charge in [-0.1, -0.05) is 146 Å². The molecule has 0 N–H and O–H groups in total. The Labute approximate surface area is 408 Å². The maximum absolute atomic E-state index is 17.4. The zero-order valence-electron chi connectivity index (χ0n) is 38.4. The van der Waals surface area contributed by atoms with Crippen LogP contribution in [-0.2, 0) is 4.57 Å². The minimum atomic E-state index is -3.64. The van der Waals surface area contributed by atoms with Gasteiger partial charge in [0.15, 0.2) is 7.14 Å². The van der Waals surface area contributed by atoms with Crippen LogP contribution >= 0.6 is 7.14 Å². The van der Waals surface area contributed by atoms with Gasteiger partial charge in [0.2, 0.25) is 0 Å². The predicted octanol–water partition coefficient (Wildman–Crippen LogP) is 16.1. The van der Waals surface area contributed by atoms with Gasteiger partial charge in [0.1, 0.15) is 0 Å². The van der Waals surface area contributed by atoms with Crippen LogP contribution in [0.25, 0.3) is 115 Å². The molecule has 3 heterocycles. The number of rotatable bonds is 6. The van der Waals surface area contributed by atoms with Crippen molar-refractivity contribution in [2.24, 2.45) is 0 Å². The van der Waals surface area contributed by atoms with Gasteiger partial charge < -0.3 is 18.3 Å². The summed E-state index contributed by atoms with van der Waals surface area (Å²) < 4.78 is 24.5. The molecule has 0 aliphatic rings. The molecule has 5 heteroatoms. The molecule has 0 saturated carbocycles. The first kappa shape index (κ1) is 40.0. The molecule has 0 fully saturated rings. The van der Waals surface area contributed by atoms with Crippen molar-refractivity contribution in [3.8, 4) is 17.1 Å². The fraction of sp³-hybridized carbons (Fsp3) is 0. The number of aromatic nitrogens is 3. The van der Waals surface area contributed by atoms with E-state index in [4.69, 9.17) is 0 Å². The summed E-state index contributed by atoms with van der Waals surface area (Å²) >= 11 is 0. The van der Waals surface area contributed by atoms with E-state index in [2.05, 4.69) is 268 Å². The van der Waals surface area contributed by atoms with Crippen LogP contribution in [0.2, 0.25) is 0 Å². The van der Waals surface area contributed by atoms with Crippen LogP contribution in [0.15, 0.2) is 255 Å². The van der Waals surface area contributed by atoms with Gasteiger partial charge in [-0.2, -0.15) is 0 Å². The van der Waals surface area contributed by atoms with Gasteiger partial charge in [0.05, 0.1) is 33.1 Å². The lowest BCUT2D eigenvalue weighted by atomic mass is 9.93. The van der Waals surface area contributed by atoms with Gasteiger partial charge in [-0.15, -0.1) is 0 Å². The van der Waals surface area contributed by atoms with Crippen molar-refractivity contribution in [1.29, 1.82) is 0 Å². The first-order valence-electron chi connectivity index (χ1n) is 24.3. The second-order valence-electron chi connectivity index (χ2n) is 18.8. The quantitative estimate of drug-likeness (QED) is 0.121. The third-order valence-electron chi connectivity index (χ3n) is 15.1. The predicted molar refractivity (Wildman–Crippen MR) is 301 cm³/mol. The SMILES string of the molecule is O=P(c1ccc2c(c1)c1ccccc1c1cc3c4ccccc4n(-c4ccccc4)c3cc21)(c1ccc2c(c1)c1ccccc1n2-c1ccccc1)c1ccc2c(c1)c1ccccc1n2-c1ccccc1. The van der Waals surface area contributed by atoms with E-state index in [1.54, 1.807) is 0 Å². The molecule has 0 saturated heterocycles. The molecule has 0 amide bonds. The van der Waals surface area contributed by atoms with E-state index in [0.29, 0.717) is 0 Å². The van der Waals surface area contributed by atoms with Gasteiger partial charge in [-0.05, 0) is 142 Å². The highest BCUT2D eigenvalue weighted by atomic mass is 31.2. The number of benzene rings is 12. The Morgan fingerprint density at radius 2 is 0.507 bits per heavy atom. The molecule has 0 aliphatic heterocycles. The molecule has 4 nitrogen and oxygen atoms in total. The van der Waals surface area contributed by atoms with Crippen LogP contribution in [0.3, 0.4) is 0 Å². The molecule has 71 heavy (non-hydrogen) atoms. The van der Waals surface area contributed by atoms with Crippen molar-refractivity contribution >= 4 is 121 Å². The van der Waals surface area contributed by atoms with Gasteiger partial charge in [0, 0.05) is 65.3 Å². The third-order valence-corrected chi connectivity index (χ3v) is 18.1. The van der Waals surface area contributed by atoms with Crippen molar-refractivity contribution in [2.75, 3.05) is 0 Å². The normalized spacial score (nSPS) is 12.3. The van der Waals surface area contributed by atoms with Crippen LogP contribution in [0, 0.1) is 0 Å². The summed E-state index contributed by atoms with van der Waals surface area (Å²) in [5, 5.41) is 16.1. The molecule has 15 aromatic rings. The van der Waals surface area contributed by atoms with Gasteiger partial charge in [0.25, 0.3) is 0 Å². The highest BCUT2D eigenvalue weighted by Gasteiger charge is 2.33. The van der Waals surface area contributed by atoms with Crippen molar-refractivity contribution in [3.05, 3.63) is 255 Å². The largest absolute Gasteiger partial charge is 0.309 e. The molecule has 0 aliphatic carbocycles. The van der Waals surface area contributed by atoms with Crippen LogP contribution in [-0.4, -0.2) is 13.7 Å². The Hall–Kier alpha value is -8.95. The molecule has 0 bridgehead atoms. The monoisotopic (exact) mass is 923 g/mol. The minimum absolute atomic E-state index is 0.797. The summed E-state index contributed by atoms with van der Waals surface area (Å²) in [4.78, 5) is 0. The topological polar surface area (TPSA) is 31.9 Å². The highest BCUT2D eigenvalue weighted by Crippen LogP contribution is 2.48. The Morgan fingerprint density at radius 1 is 0.211 bits per heavy atom. The molecule has 15 rings (SSSR count). The van der Waals surface area contributed by atoms with Gasteiger partial charge >= 0.3 is 0 Å². The zero-order chi connectivity index (χ0) is 46.8. The maximum atomic E-state index is 17.4. The lowest BCUT2D eigenvalue weighted by Crippen LogP contribution is -2.25. The summed E-state index contributed by atoms with van der Waals surface area (Å²) in [5.41, 5.74) is 10.00. The van der Waals surface area contributed by atoms with Crippen LogP contribution in [0.1, 0.15) is 0 Å². The van der Waals surface area contributed by atoms with Crippen LogP contribution < -0.4 is 15.9 Å². The summed E-state index contributed by atoms with van der Waals surface area (Å²) in [6.45, 7) is 0. The average molecular weight is 924 g/mol. The van der Waals surface area contributed by atoms with E-state index >= 15 is 4.57 Å². The van der Waals surface area contributed by atoms with E-state index in [1.807, 2.05) is 0 Å². The lowest BCUT2D eigenvalue weighted by Gasteiger charge is -2.22. The van der Waals surface area contributed by atoms with Crippen LogP contribution in [0.5, 0.6) is 0 Å². The molecule has 0 radical (unpaired) electrons. The minimum Gasteiger partial charge on any atom is -0.309 e. The molecular formula is C66H42N3OP. The molecule has 0 atom stereocenters. The first-order valence-corrected chi connectivity index (χ1v) is 26.0.